The van der Waals surface area contributed by atoms with Crippen LogP contribution in [-0.4, -0.2) is 41.7 Å². The van der Waals surface area contributed by atoms with Gasteiger partial charge in [0.1, 0.15) is 6.61 Å². The number of aryl methyl sites for hydroxylation is 1. The number of amides is 1. The van der Waals surface area contributed by atoms with Crippen molar-refractivity contribution in [3.8, 4) is 11.5 Å². The van der Waals surface area contributed by atoms with Crippen LogP contribution in [0, 0.1) is 0 Å². The number of hydrogen-bond acceptors (Lipinski definition) is 3. The van der Waals surface area contributed by atoms with Crippen LogP contribution >= 0.6 is 0 Å². The predicted octanol–water partition coefficient (Wildman–Crippen LogP) is 3.02. The van der Waals surface area contributed by atoms with Crippen LogP contribution in [0.1, 0.15) is 5.56 Å². The molecule has 0 bridgehead atoms. The topological polar surface area (TPSA) is 43.7 Å². The van der Waals surface area contributed by atoms with Crippen LogP contribution in [0.25, 0.3) is 10.9 Å². The maximum Gasteiger partial charge on any atom is 0.226 e. The number of carbonyl (C=O) groups excluding carboxylic acids is 1. The summed E-state index contributed by atoms with van der Waals surface area (Å²) in [6, 6.07) is 15.8. The van der Waals surface area contributed by atoms with E-state index in [2.05, 4.69) is 16.7 Å². The fourth-order valence-corrected chi connectivity index (χ4v) is 3.42. The van der Waals surface area contributed by atoms with E-state index in [9.17, 15) is 4.79 Å². The number of carbonyl (C=O) groups is 1. The molecule has 0 saturated heterocycles. The standard InChI is InChI=1S/C21H22N2O3/c1-22-12-15(17-7-3-4-8-18(17)22)11-21(24)23(2)13-16-14-25-19-9-5-6-10-20(19)26-16/h3-10,12,16H,11,13-14H2,1-2H3. The highest BCUT2D eigenvalue weighted by Gasteiger charge is 2.24. The van der Waals surface area contributed by atoms with E-state index < -0.39 is 0 Å². The van der Waals surface area contributed by atoms with Crippen molar-refractivity contribution in [1.82, 2.24) is 9.47 Å². The summed E-state index contributed by atoms with van der Waals surface area (Å²) >= 11 is 0. The van der Waals surface area contributed by atoms with Crippen LogP contribution in [0.2, 0.25) is 0 Å². The van der Waals surface area contributed by atoms with Crippen LogP contribution in [0.4, 0.5) is 0 Å². The van der Waals surface area contributed by atoms with Gasteiger partial charge >= 0.3 is 0 Å². The van der Waals surface area contributed by atoms with E-state index in [1.165, 1.54) is 0 Å². The summed E-state index contributed by atoms with van der Waals surface area (Å²) in [6.45, 7) is 0.945. The monoisotopic (exact) mass is 350 g/mol. The molecule has 1 aliphatic rings. The van der Waals surface area contributed by atoms with Crippen molar-refractivity contribution in [2.75, 3.05) is 20.2 Å². The molecule has 1 atom stereocenters. The van der Waals surface area contributed by atoms with Crippen LogP contribution in [0.15, 0.2) is 54.7 Å². The van der Waals surface area contributed by atoms with Crippen molar-refractivity contribution < 1.29 is 14.3 Å². The van der Waals surface area contributed by atoms with Gasteiger partial charge in [-0.1, -0.05) is 30.3 Å². The molecule has 3 aromatic rings. The van der Waals surface area contributed by atoms with Gasteiger partial charge in [0.15, 0.2) is 17.6 Å². The van der Waals surface area contributed by atoms with E-state index in [-0.39, 0.29) is 12.0 Å². The fourth-order valence-electron chi connectivity index (χ4n) is 3.42. The first-order valence-corrected chi connectivity index (χ1v) is 8.77. The molecule has 0 fully saturated rings. The molecule has 1 unspecified atom stereocenters. The minimum absolute atomic E-state index is 0.0730. The third kappa shape index (κ3) is 3.12. The van der Waals surface area contributed by atoms with Gasteiger partial charge in [-0.05, 0) is 23.8 Å². The molecule has 1 aliphatic heterocycles. The molecule has 4 rings (SSSR count). The minimum Gasteiger partial charge on any atom is -0.486 e. The van der Waals surface area contributed by atoms with Gasteiger partial charge in [-0.2, -0.15) is 0 Å². The maximum absolute atomic E-state index is 12.7. The largest absolute Gasteiger partial charge is 0.486 e. The van der Waals surface area contributed by atoms with Crippen molar-refractivity contribution in [2.45, 2.75) is 12.5 Å². The Morgan fingerprint density at radius 2 is 1.88 bits per heavy atom. The molecule has 5 heteroatoms. The first-order valence-electron chi connectivity index (χ1n) is 8.77. The Labute approximate surface area is 152 Å². The lowest BCUT2D eigenvalue weighted by Crippen LogP contribution is -2.42. The highest BCUT2D eigenvalue weighted by Crippen LogP contribution is 2.31. The Balaban J connectivity index is 1.42. The van der Waals surface area contributed by atoms with Crippen LogP contribution in [-0.2, 0) is 18.3 Å². The predicted molar refractivity (Wildman–Crippen MR) is 101 cm³/mol. The second kappa shape index (κ2) is 6.75. The van der Waals surface area contributed by atoms with E-state index in [4.69, 9.17) is 9.47 Å². The number of ether oxygens (including phenoxy) is 2. The van der Waals surface area contributed by atoms with E-state index in [0.717, 1.165) is 28.0 Å². The summed E-state index contributed by atoms with van der Waals surface area (Å²) in [6.07, 6.45) is 2.25. The van der Waals surface area contributed by atoms with E-state index in [0.29, 0.717) is 19.6 Å². The lowest BCUT2D eigenvalue weighted by molar-refractivity contribution is -0.130. The lowest BCUT2D eigenvalue weighted by Gasteiger charge is -2.29. The normalized spacial score (nSPS) is 15.8. The molecule has 134 valence electrons. The summed E-state index contributed by atoms with van der Waals surface area (Å²) in [7, 11) is 3.82. The van der Waals surface area contributed by atoms with Crippen molar-refractivity contribution in [3.63, 3.8) is 0 Å². The third-order valence-corrected chi connectivity index (χ3v) is 4.79. The molecule has 26 heavy (non-hydrogen) atoms. The van der Waals surface area contributed by atoms with Gasteiger partial charge in [0, 0.05) is 31.2 Å². The molecule has 1 aromatic heterocycles. The summed E-state index contributed by atoms with van der Waals surface area (Å²) in [5, 5.41) is 1.13. The van der Waals surface area contributed by atoms with Crippen molar-refractivity contribution in [1.29, 1.82) is 0 Å². The molecule has 0 saturated carbocycles. The molecule has 0 N–H and O–H groups in total. The Morgan fingerprint density at radius 1 is 1.15 bits per heavy atom. The molecule has 5 nitrogen and oxygen atoms in total. The Hall–Kier alpha value is -2.95. The van der Waals surface area contributed by atoms with E-state index in [1.807, 2.05) is 56.7 Å². The van der Waals surface area contributed by atoms with Gasteiger partial charge in [0.25, 0.3) is 0 Å². The second-order valence-corrected chi connectivity index (χ2v) is 6.73. The Bertz CT molecular complexity index is 947. The number of hydrogen-bond donors (Lipinski definition) is 0. The number of likely N-dealkylation sites (N-methyl/N-ethyl adjacent to an activating group) is 1. The molecule has 2 heterocycles. The van der Waals surface area contributed by atoms with Gasteiger partial charge in [-0.15, -0.1) is 0 Å². The van der Waals surface area contributed by atoms with Crippen molar-refractivity contribution >= 4 is 16.8 Å². The molecule has 0 radical (unpaired) electrons. The zero-order valence-electron chi connectivity index (χ0n) is 15.0. The zero-order chi connectivity index (χ0) is 18.1. The summed E-state index contributed by atoms with van der Waals surface area (Å²) in [5.74, 6) is 1.57. The van der Waals surface area contributed by atoms with Crippen LogP contribution in [0.5, 0.6) is 11.5 Å². The van der Waals surface area contributed by atoms with Crippen molar-refractivity contribution in [3.05, 3.63) is 60.3 Å². The van der Waals surface area contributed by atoms with Crippen molar-refractivity contribution in [2.24, 2.45) is 7.05 Å². The first kappa shape index (κ1) is 16.5. The highest BCUT2D eigenvalue weighted by atomic mass is 16.6. The number of aromatic nitrogens is 1. The second-order valence-electron chi connectivity index (χ2n) is 6.73. The van der Waals surface area contributed by atoms with Gasteiger partial charge in [0.05, 0.1) is 13.0 Å². The molecular weight excluding hydrogens is 328 g/mol. The number of benzene rings is 2. The highest BCUT2D eigenvalue weighted by molar-refractivity contribution is 5.89. The summed E-state index contributed by atoms with van der Waals surface area (Å²) < 4.78 is 13.7. The maximum atomic E-state index is 12.7. The summed E-state index contributed by atoms with van der Waals surface area (Å²) in [5.41, 5.74) is 2.18. The number of rotatable bonds is 4. The average molecular weight is 350 g/mol. The number of nitrogens with zero attached hydrogens (tertiary/aromatic N) is 2. The van der Waals surface area contributed by atoms with Crippen LogP contribution < -0.4 is 9.47 Å². The zero-order valence-corrected chi connectivity index (χ0v) is 15.0. The van der Waals surface area contributed by atoms with Crippen LogP contribution in [0.3, 0.4) is 0 Å². The lowest BCUT2D eigenvalue weighted by atomic mass is 10.1. The molecule has 2 aromatic carbocycles. The van der Waals surface area contributed by atoms with Gasteiger partial charge < -0.3 is 18.9 Å². The molecular formula is C21H22N2O3. The molecule has 1 amide bonds. The van der Waals surface area contributed by atoms with E-state index in [1.54, 1.807) is 4.90 Å². The number of para-hydroxylation sites is 3. The number of fused-ring (bicyclic) bond motifs is 2. The average Bonchev–Trinajstić information content (AvgIpc) is 2.97. The fraction of sp³-hybridized carbons (Fsp3) is 0.286. The molecule has 0 aliphatic carbocycles. The quantitative estimate of drug-likeness (QED) is 0.726. The van der Waals surface area contributed by atoms with E-state index >= 15 is 0 Å². The minimum atomic E-state index is -0.161. The van der Waals surface area contributed by atoms with Gasteiger partial charge in [0.2, 0.25) is 5.91 Å². The Morgan fingerprint density at radius 3 is 2.73 bits per heavy atom. The van der Waals surface area contributed by atoms with Gasteiger partial charge in [-0.3, -0.25) is 4.79 Å². The molecule has 0 spiro atoms. The Kier molecular flexibility index (Phi) is 4.29. The third-order valence-electron chi connectivity index (χ3n) is 4.79. The first-order chi connectivity index (χ1) is 12.6. The smallest absolute Gasteiger partial charge is 0.226 e. The SMILES string of the molecule is CN(CC1COc2ccccc2O1)C(=O)Cc1cn(C)c2ccccc12. The van der Waals surface area contributed by atoms with Gasteiger partial charge in [-0.25, -0.2) is 0 Å². The summed E-state index contributed by atoms with van der Waals surface area (Å²) in [4.78, 5) is 14.4.